The van der Waals surface area contributed by atoms with Crippen LogP contribution in [0.1, 0.15) is 5.56 Å². The molecular formula is C13H14N6S. The second-order valence-corrected chi connectivity index (χ2v) is 5.19. The number of aromatic nitrogens is 5. The fourth-order valence-electron chi connectivity index (χ4n) is 1.99. The molecule has 0 spiro atoms. The molecule has 0 saturated heterocycles. The predicted molar refractivity (Wildman–Crippen MR) is 78.2 cm³/mol. The molecule has 7 heteroatoms. The van der Waals surface area contributed by atoms with Crippen LogP contribution in [0.2, 0.25) is 0 Å². The summed E-state index contributed by atoms with van der Waals surface area (Å²) in [6.45, 7) is 1.16. The van der Waals surface area contributed by atoms with Crippen LogP contribution in [0.3, 0.4) is 0 Å². The van der Waals surface area contributed by atoms with Gasteiger partial charge in [0.05, 0.1) is 12.1 Å². The van der Waals surface area contributed by atoms with Crippen molar-refractivity contribution in [3.05, 3.63) is 42.1 Å². The van der Waals surface area contributed by atoms with E-state index in [4.69, 9.17) is 5.73 Å². The van der Waals surface area contributed by atoms with Crippen LogP contribution in [0.5, 0.6) is 0 Å². The van der Waals surface area contributed by atoms with Gasteiger partial charge in [0.15, 0.2) is 0 Å². The normalized spacial score (nSPS) is 11.1. The summed E-state index contributed by atoms with van der Waals surface area (Å²) in [7, 11) is 0. The van der Waals surface area contributed by atoms with Gasteiger partial charge >= 0.3 is 0 Å². The standard InChI is InChI=1S/C13H14N6S/c14-6-8-19-13(16-17-18-19)20-9-10-5-7-15-12-4-2-1-3-11(10)12/h1-5,7H,6,8-9,14H2. The smallest absolute Gasteiger partial charge is 0.209 e. The molecule has 2 N–H and O–H groups in total. The minimum absolute atomic E-state index is 0.525. The minimum Gasteiger partial charge on any atom is -0.329 e. The van der Waals surface area contributed by atoms with Gasteiger partial charge in [-0.2, -0.15) is 0 Å². The van der Waals surface area contributed by atoms with E-state index in [1.165, 1.54) is 10.9 Å². The first kappa shape index (κ1) is 13.0. The number of nitrogens with zero attached hydrogens (tertiary/aromatic N) is 5. The second-order valence-electron chi connectivity index (χ2n) is 4.25. The molecule has 0 bridgehead atoms. The number of thioether (sulfide) groups is 1. The molecule has 20 heavy (non-hydrogen) atoms. The average Bonchev–Trinajstić information content (AvgIpc) is 2.93. The largest absolute Gasteiger partial charge is 0.329 e. The zero-order valence-electron chi connectivity index (χ0n) is 10.8. The van der Waals surface area contributed by atoms with E-state index in [1.807, 2.05) is 30.5 Å². The van der Waals surface area contributed by atoms with Crippen molar-refractivity contribution in [1.29, 1.82) is 0 Å². The summed E-state index contributed by atoms with van der Waals surface area (Å²) in [6.07, 6.45) is 1.83. The number of para-hydroxylation sites is 1. The highest BCUT2D eigenvalue weighted by Gasteiger charge is 2.08. The number of pyridine rings is 1. The van der Waals surface area contributed by atoms with Crippen LogP contribution in [0.15, 0.2) is 41.7 Å². The van der Waals surface area contributed by atoms with Crippen LogP contribution in [0.25, 0.3) is 10.9 Å². The molecule has 0 fully saturated rings. The summed E-state index contributed by atoms with van der Waals surface area (Å²) in [5.41, 5.74) is 7.77. The molecule has 3 rings (SSSR count). The third kappa shape index (κ3) is 2.63. The Morgan fingerprint density at radius 3 is 3.00 bits per heavy atom. The van der Waals surface area contributed by atoms with Crippen molar-refractivity contribution in [1.82, 2.24) is 25.2 Å². The summed E-state index contributed by atoms with van der Waals surface area (Å²) < 4.78 is 1.73. The predicted octanol–water partition coefficient (Wildman–Crippen LogP) is 1.47. The molecule has 0 aliphatic rings. The van der Waals surface area contributed by atoms with Gasteiger partial charge in [0.25, 0.3) is 0 Å². The van der Waals surface area contributed by atoms with E-state index in [9.17, 15) is 0 Å². The zero-order chi connectivity index (χ0) is 13.8. The van der Waals surface area contributed by atoms with Crippen LogP contribution >= 0.6 is 11.8 Å². The molecule has 0 amide bonds. The molecule has 2 aromatic heterocycles. The van der Waals surface area contributed by atoms with Crippen molar-refractivity contribution in [2.45, 2.75) is 17.5 Å². The fourth-order valence-corrected chi connectivity index (χ4v) is 2.89. The quantitative estimate of drug-likeness (QED) is 0.715. The topological polar surface area (TPSA) is 82.5 Å². The molecule has 1 aromatic carbocycles. The Balaban J connectivity index is 1.81. The first-order chi connectivity index (χ1) is 9.88. The molecule has 2 heterocycles. The molecule has 0 aliphatic heterocycles. The molecule has 0 unspecified atom stereocenters. The van der Waals surface area contributed by atoms with E-state index >= 15 is 0 Å². The monoisotopic (exact) mass is 286 g/mol. The summed E-state index contributed by atoms with van der Waals surface area (Å²) in [4.78, 5) is 4.36. The van der Waals surface area contributed by atoms with Gasteiger partial charge in [-0.1, -0.05) is 30.0 Å². The Hall–Kier alpha value is -1.99. The fraction of sp³-hybridized carbons (Fsp3) is 0.231. The summed E-state index contributed by atoms with van der Waals surface area (Å²) >= 11 is 1.61. The maximum Gasteiger partial charge on any atom is 0.209 e. The first-order valence-corrected chi connectivity index (χ1v) is 7.28. The highest BCUT2D eigenvalue weighted by molar-refractivity contribution is 7.98. The number of nitrogens with two attached hydrogens (primary N) is 1. The molecule has 6 nitrogen and oxygen atoms in total. The van der Waals surface area contributed by atoms with Gasteiger partial charge in [-0.3, -0.25) is 4.98 Å². The Bertz CT molecular complexity index is 705. The highest BCUT2D eigenvalue weighted by Crippen LogP contribution is 2.24. The lowest BCUT2D eigenvalue weighted by Crippen LogP contribution is -2.12. The average molecular weight is 286 g/mol. The molecular weight excluding hydrogens is 272 g/mol. The number of hydrogen-bond donors (Lipinski definition) is 1. The van der Waals surface area contributed by atoms with Crippen molar-refractivity contribution >= 4 is 22.7 Å². The van der Waals surface area contributed by atoms with Crippen molar-refractivity contribution in [2.75, 3.05) is 6.54 Å². The van der Waals surface area contributed by atoms with Gasteiger partial charge in [0.1, 0.15) is 0 Å². The maximum absolute atomic E-state index is 5.54. The zero-order valence-corrected chi connectivity index (χ0v) is 11.6. The number of benzene rings is 1. The van der Waals surface area contributed by atoms with Crippen LogP contribution in [-0.2, 0) is 12.3 Å². The second kappa shape index (κ2) is 5.98. The SMILES string of the molecule is NCCn1nnnc1SCc1ccnc2ccccc12. The molecule has 102 valence electrons. The Labute approximate surface area is 120 Å². The maximum atomic E-state index is 5.54. The lowest BCUT2D eigenvalue weighted by atomic mass is 10.1. The van der Waals surface area contributed by atoms with Crippen molar-refractivity contribution in [3.8, 4) is 0 Å². The molecule has 0 saturated carbocycles. The Kier molecular flexibility index (Phi) is 3.89. The van der Waals surface area contributed by atoms with Gasteiger partial charge in [0.2, 0.25) is 5.16 Å². The van der Waals surface area contributed by atoms with Gasteiger partial charge in [0, 0.05) is 23.9 Å². The Morgan fingerprint density at radius 1 is 1.20 bits per heavy atom. The van der Waals surface area contributed by atoms with Crippen LogP contribution in [-0.4, -0.2) is 31.7 Å². The van der Waals surface area contributed by atoms with Gasteiger partial charge < -0.3 is 5.73 Å². The van der Waals surface area contributed by atoms with E-state index < -0.39 is 0 Å². The third-order valence-electron chi connectivity index (χ3n) is 2.94. The summed E-state index contributed by atoms with van der Waals surface area (Å²) in [5, 5.41) is 13.6. The lowest BCUT2D eigenvalue weighted by Gasteiger charge is -2.05. The van der Waals surface area contributed by atoms with Crippen LogP contribution in [0.4, 0.5) is 0 Å². The molecule has 0 radical (unpaired) electrons. The van der Waals surface area contributed by atoms with E-state index in [2.05, 4.69) is 26.6 Å². The number of tetrazole rings is 1. The third-order valence-corrected chi connectivity index (χ3v) is 3.94. The van der Waals surface area contributed by atoms with Gasteiger partial charge in [-0.25, -0.2) is 4.68 Å². The van der Waals surface area contributed by atoms with E-state index in [-0.39, 0.29) is 0 Å². The highest BCUT2D eigenvalue weighted by atomic mass is 32.2. The van der Waals surface area contributed by atoms with E-state index in [0.717, 1.165) is 16.4 Å². The van der Waals surface area contributed by atoms with Crippen LogP contribution < -0.4 is 5.73 Å². The van der Waals surface area contributed by atoms with Gasteiger partial charge in [-0.15, -0.1) is 5.10 Å². The van der Waals surface area contributed by atoms with Crippen molar-refractivity contribution < 1.29 is 0 Å². The van der Waals surface area contributed by atoms with Gasteiger partial charge in [-0.05, 0) is 28.1 Å². The number of rotatable bonds is 5. The molecule has 0 atom stereocenters. The minimum atomic E-state index is 0.525. The van der Waals surface area contributed by atoms with Crippen molar-refractivity contribution in [3.63, 3.8) is 0 Å². The summed E-state index contributed by atoms with van der Waals surface area (Å²) in [5.74, 6) is 0.800. The number of fused-ring (bicyclic) bond motifs is 1. The summed E-state index contributed by atoms with van der Waals surface area (Å²) in [6, 6.07) is 10.2. The lowest BCUT2D eigenvalue weighted by molar-refractivity contribution is 0.557. The van der Waals surface area contributed by atoms with Crippen molar-refractivity contribution in [2.24, 2.45) is 5.73 Å². The van der Waals surface area contributed by atoms with Crippen LogP contribution in [0, 0.1) is 0 Å². The first-order valence-electron chi connectivity index (χ1n) is 6.30. The molecule has 3 aromatic rings. The van der Waals surface area contributed by atoms with E-state index in [1.54, 1.807) is 16.4 Å². The molecule has 0 aliphatic carbocycles. The Morgan fingerprint density at radius 2 is 2.10 bits per heavy atom. The number of hydrogen-bond acceptors (Lipinski definition) is 6. The van der Waals surface area contributed by atoms with E-state index in [0.29, 0.717) is 13.1 Å².